The summed E-state index contributed by atoms with van der Waals surface area (Å²) in [6, 6.07) is 8.57. The van der Waals surface area contributed by atoms with Gasteiger partial charge in [0.2, 0.25) is 0 Å². The zero-order chi connectivity index (χ0) is 14.7. The first-order valence-electron chi connectivity index (χ1n) is 7.66. The van der Waals surface area contributed by atoms with E-state index in [0.717, 1.165) is 23.9 Å². The second-order valence-corrected chi connectivity index (χ2v) is 8.14. The van der Waals surface area contributed by atoms with E-state index in [1.807, 2.05) is 17.8 Å². The van der Waals surface area contributed by atoms with Gasteiger partial charge in [-0.15, -0.1) is 0 Å². The molecule has 0 aromatic heterocycles. The van der Waals surface area contributed by atoms with Gasteiger partial charge in [0.25, 0.3) is 0 Å². The summed E-state index contributed by atoms with van der Waals surface area (Å²) in [7, 11) is 0. The third kappa shape index (κ3) is 3.48. The van der Waals surface area contributed by atoms with Crippen molar-refractivity contribution in [1.29, 1.82) is 0 Å². The van der Waals surface area contributed by atoms with E-state index in [9.17, 15) is 0 Å². The molecular weight excluding hydrogens is 348 g/mol. The van der Waals surface area contributed by atoms with Crippen LogP contribution in [0.2, 0.25) is 0 Å². The molecule has 0 saturated carbocycles. The lowest BCUT2D eigenvalue weighted by molar-refractivity contribution is -0.107. The largest absolute Gasteiger partial charge is 0.375 e. The smallest absolute Gasteiger partial charge is 0.0701 e. The first-order valence-corrected chi connectivity index (χ1v) is 9.61. The van der Waals surface area contributed by atoms with Crippen LogP contribution in [0, 0.1) is 5.92 Å². The maximum atomic E-state index is 6.20. The molecule has 1 spiro atoms. The van der Waals surface area contributed by atoms with Gasteiger partial charge in [0.05, 0.1) is 11.6 Å². The molecule has 5 heteroatoms. The molecule has 3 nitrogen and oxygen atoms in total. The summed E-state index contributed by atoms with van der Waals surface area (Å²) in [5.74, 6) is 8.89. The highest BCUT2D eigenvalue weighted by Crippen LogP contribution is 2.44. The van der Waals surface area contributed by atoms with Gasteiger partial charge < -0.3 is 4.74 Å². The van der Waals surface area contributed by atoms with Crippen molar-refractivity contribution >= 4 is 27.7 Å². The molecule has 2 atom stereocenters. The number of hydrazine groups is 1. The number of nitrogens with one attached hydrogen (secondary N) is 1. The van der Waals surface area contributed by atoms with E-state index in [1.165, 1.54) is 29.9 Å². The van der Waals surface area contributed by atoms with Crippen molar-refractivity contribution in [1.82, 2.24) is 5.43 Å². The molecule has 2 aliphatic heterocycles. The van der Waals surface area contributed by atoms with Crippen LogP contribution in [0.1, 0.15) is 37.3 Å². The minimum Gasteiger partial charge on any atom is -0.375 e. The minimum atomic E-state index is 0.102. The summed E-state index contributed by atoms with van der Waals surface area (Å²) in [6.07, 6.45) is 4.55. The summed E-state index contributed by atoms with van der Waals surface area (Å²) < 4.78 is 7.34. The van der Waals surface area contributed by atoms with Crippen molar-refractivity contribution in [2.24, 2.45) is 11.8 Å². The first kappa shape index (κ1) is 15.8. The number of ether oxygens (including phenoxy) is 1. The van der Waals surface area contributed by atoms with Gasteiger partial charge in [-0.25, -0.2) is 0 Å². The van der Waals surface area contributed by atoms with Crippen LogP contribution in [0.25, 0.3) is 0 Å². The zero-order valence-electron chi connectivity index (χ0n) is 12.2. The molecule has 116 valence electrons. The molecule has 2 aliphatic rings. The monoisotopic (exact) mass is 370 g/mol. The van der Waals surface area contributed by atoms with E-state index in [4.69, 9.17) is 10.6 Å². The Hall–Kier alpha value is -0.0700. The van der Waals surface area contributed by atoms with E-state index in [2.05, 4.69) is 39.6 Å². The molecule has 1 aromatic rings. The summed E-state index contributed by atoms with van der Waals surface area (Å²) in [5.41, 5.74) is 4.42. The Morgan fingerprint density at radius 2 is 2.10 bits per heavy atom. The maximum Gasteiger partial charge on any atom is 0.0701 e. The van der Waals surface area contributed by atoms with E-state index >= 15 is 0 Å². The zero-order valence-corrected chi connectivity index (χ0v) is 14.6. The highest BCUT2D eigenvalue weighted by atomic mass is 79.9. The Kier molecular flexibility index (Phi) is 5.27. The highest BCUT2D eigenvalue weighted by Gasteiger charge is 2.41. The van der Waals surface area contributed by atoms with Crippen LogP contribution < -0.4 is 11.3 Å². The number of benzene rings is 1. The van der Waals surface area contributed by atoms with Gasteiger partial charge in [0.15, 0.2) is 0 Å². The van der Waals surface area contributed by atoms with Crippen LogP contribution in [-0.2, 0) is 4.74 Å². The average Bonchev–Trinajstić information content (AvgIpc) is 2.51. The Balaban J connectivity index is 1.79. The lowest BCUT2D eigenvalue weighted by atomic mass is 9.77. The van der Waals surface area contributed by atoms with Gasteiger partial charge in [0.1, 0.15) is 0 Å². The lowest BCUT2D eigenvalue weighted by Gasteiger charge is -2.45. The quantitative estimate of drug-likeness (QED) is 0.629. The van der Waals surface area contributed by atoms with Gasteiger partial charge in [-0.3, -0.25) is 11.3 Å². The maximum absolute atomic E-state index is 6.20. The standard InChI is InChI=1S/C16H23BrN2OS/c17-14-4-2-1-3-13(14)15(19-18)12-5-8-20-16(11-12)6-9-21-10-7-16/h1-4,12,15,19H,5-11,18H2. The number of rotatable bonds is 3. The fourth-order valence-corrected chi connectivity index (χ4v) is 5.42. The Morgan fingerprint density at radius 3 is 2.81 bits per heavy atom. The number of thioether (sulfide) groups is 1. The number of halogens is 1. The van der Waals surface area contributed by atoms with Crippen molar-refractivity contribution in [2.45, 2.75) is 37.3 Å². The van der Waals surface area contributed by atoms with Crippen LogP contribution in [0.5, 0.6) is 0 Å². The van der Waals surface area contributed by atoms with E-state index in [1.54, 1.807) is 0 Å². The van der Waals surface area contributed by atoms with Crippen molar-refractivity contribution in [3.63, 3.8) is 0 Å². The van der Waals surface area contributed by atoms with Crippen LogP contribution in [-0.4, -0.2) is 23.7 Å². The highest BCUT2D eigenvalue weighted by molar-refractivity contribution is 9.10. The van der Waals surface area contributed by atoms with Crippen molar-refractivity contribution < 1.29 is 4.74 Å². The molecule has 21 heavy (non-hydrogen) atoms. The second kappa shape index (κ2) is 7.01. The number of nitrogens with two attached hydrogens (primary N) is 1. The predicted octanol–water partition coefficient (Wildman–Crippen LogP) is 3.65. The molecule has 0 aliphatic carbocycles. The Bertz CT molecular complexity index is 474. The minimum absolute atomic E-state index is 0.102. The van der Waals surface area contributed by atoms with E-state index in [-0.39, 0.29) is 11.6 Å². The lowest BCUT2D eigenvalue weighted by Crippen LogP contribution is -2.46. The molecule has 1 aromatic carbocycles. The topological polar surface area (TPSA) is 47.3 Å². The molecule has 0 bridgehead atoms. The van der Waals surface area contributed by atoms with Gasteiger partial charge in [-0.05, 0) is 54.7 Å². The summed E-state index contributed by atoms with van der Waals surface area (Å²) >= 11 is 5.71. The summed E-state index contributed by atoms with van der Waals surface area (Å²) in [5, 5.41) is 0. The predicted molar refractivity (Wildman–Crippen MR) is 92.2 cm³/mol. The molecule has 2 fully saturated rings. The third-order valence-electron chi connectivity index (χ3n) is 4.83. The van der Waals surface area contributed by atoms with Crippen LogP contribution >= 0.6 is 27.7 Å². The van der Waals surface area contributed by atoms with Gasteiger partial charge >= 0.3 is 0 Å². The van der Waals surface area contributed by atoms with Gasteiger partial charge in [0, 0.05) is 11.1 Å². The molecule has 3 rings (SSSR count). The van der Waals surface area contributed by atoms with E-state index in [0.29, 0.717) is 5.92 Å². The fraction of sp³-hybridized carbons (Fsp3) is 0.625. The molecule has 3 N–H and O–H groups in total. The molecule has 0 amide bonds. The van der Waals surface area contributed by atoms with Gasteiger partial charge in [-0.2, -0.15) is 11.8 Å². The summed E-state index contributed by atoms with van der Waals surface area (Å²) in [6.45, 7) is 0.859. The van der Waals surface area contributed by atoms with Crippen LogP contribution in [0.15, 0.2) is 28.7 Å². The molecule has 0 radical (unpaired) electrons. The Labute approximate surface area is 139 Å². The number of hydrogen-bond donors (Lipinski definition) is 2. The molecule has 2 unspecified atom stereocenters. The summed E-state index contributed by atoms with van der Waals surface area (Å²) in [4.78, 5) is 0. The SMILES string of the molecule is NNC(c1ccccc1Br)C1CCOC2(CCSCC2)C1. The third-order valence-corrected chi connectivity index (χ3v) is 6.53. The first-order chi connectivity index (χ1) is 10.2. The van der Waals surface area contributed by atoms with E-state index < -0.39 is 0 Å². The fourth-order valence-electron chi connectivity index (χ4n) is 3.65. The second-order valence-electron chi connectivity index (χ2n) is 6.06. The molecule has 2 heterocycles. The molecular formula is C16H23BrN2OS. The Morgan fingerprint density at radius 1 is 1.33 bits per heavy atom. The van der Waals surface area contributed by atoms with Crippen molar-refractivity contribution in [3.8, 4) is 0 Å². The molecule has 2 saturated heterocycles. The normalized spacial score (nSPS) is 26.7. The van der Waals surface area contributed by atoms with Gasteiger partial charge in [-0.1, -0.05) is 34.1 Å². The average molecular weight is 371 g/mol. The van der Waals surface area contributed by atoms with Crippen LogP contribution in [0.4, 0.5) is 0 Å². The van der Waals surface area contributed by atoms with Crippen molar-refractivity contribution in [3.05, 3.63) is 34.3 Å². The van der Waals surface area contributed by atoms with Crippen LogP contribution in [0.3, 0.4) is 0 Å². The number of hydrogen-bond acceptors (Lipinski definition) is 4. The van der Waals surface area contributed by atoms with Crippen molar-refractivity contribution in [2.75, 3.05) is 18.1 Å².